The van der Waals surface area contributed by atoms with Crippen molar-refractivity contribution in [1.82, 2.24) is 14.9 Å². The van der Waals surface area contributed by atoms with Gasteiger partial charge < -0.3 is 9.47 Å². The molecule has 0 bridgehead atoms. The molecule has 2 heterocycles. The van der Waals surface area contributed by atoms with E-state index in [1.807, 2.05) is 44.4 Å². The summed E-state index contributed by atoms with van der Waals surface area (Å²) in [5.74, 6) is 1.77. The highest BCUT2D eigenvalue weighted by molar-refractivity contribution is 7.71. The van der Waals surface area contributed by atoms with E-state index in [4.69, 9.17) is 33.3 Å². The number of aromatic amines is 1. The van der Waals surface area contributed by atoms with Gasteiger partial charge >= 0.3 is 0 Å². The van der Waals surface area contributed by atoms with E-state index in [0.717, 1.165) is 10.4 Å². The van der Waals surface area contributed by atoms with Crippen LogP contribution in [0.5, 0.6) is 11.5 Å². The number of H-pyrrole nitrogens is 1. The molecule has 142 valence electrons. The lowest BCUT2D eigenvalue weighted by Crippen LogP contribution is -2.08. The molecule has 0 saturated carbocycles. The Hall–Kier alpha value is -2.16. The highest BCUT2D eigenvalue weighted by Crippen LogP contribution is 2.37. The molecule has 0 aliphatic rings. The number of nitrogens with zero attached hydrogens (tertiary/aromatic N) is 3. The predicted octanol–water partition coefficient (Wildman–Crippen LogP) is 5.39. The molecule has 0 atom stereocenters. The van der Waals surface area contributed by atoms with Gasteiger partial charge in [-0.15, -0.1) is 11.3 Å². The number of hydrogen-bond donors (Lipinski definition) is 1. The van der Waals surface area contributed by atoms with Crippen molar-refractivity contribution >= 4 is 41.4 Å². The average molecular weight is 423 g/mol. The summed E-state index contributed by atoms with van der Waals surface area (Å²) in [4.78, 5) is 0.966. The largest absolute Gasteiger partial charge is 0.490 e. The van der Waals surface area contributed by atoms with Crippen molar-refractivity contribution in [3.63, 3.8) is 0 Å². The summed E-state index contributed by atoms with van der Waals surface area (Å²) in [6.07, 6.45) is 1.65. The van der Waals surface area contributed by atoms with Crippen LogP contribution in [0, 0.1) is 4.77 Å². The lowest BCUT2D eigenvalue weighted by Gasteiger charge is -2.16. The molecule has 0 fully saturated rings. The minimum absolute atomic E-state index is 0.0150. The Morgan fingerprint density at radius 1 is 1.44 bits per heavy atom. The second-order valence-electron chi connectivity index (χ2n) is 5.82. The van der Waals surface area contributed by atoms with Crippen LogP contribution in [0.1, 0.15) is 26.3 Å². The summed E-state index contributed by atoms with van der Waals surface area (Å²) < 4.78 is 13.5. The Labute approximate surface area is 171 Å². The smallest absolute Gasteiger partial charge is 0.216 e. The molecule has 1 N–H and O–H groups in total. The molecule has 0 saturated heterocycles. The number of halogens is 1. The van der Waals surface area contributed by atoms with Crippen LogP contribution in [-0.2, 0) is 0 Å². The third kappa shape index (κ3) is 4.58. The molecule has 1 aromatic carbocycles. The van der Waals surface area contributed by atoms with Crippen molar-refractivity contribution in [3.05, 3.63) is 45.0 Å². The maximum atomic E-state index is 6.41. The molecule has 6 nitrogen and oxygen atoms in total. The van der Waals surface area contributed by atoms with Crippen molar-refractivity contribution in [2.45, 2.75) is 26.9 Å². The lowest BCUT2D eigenvalue weighted by atomic mass is 10.2. The first-order valence-electron chi connectivity index (χ1n) is 8.38. The Morgan fingerprint density at radius 2 is 2.26 bits per heavy atom. The Balaban J connectivity index is 1.97. The average Bonchev–Trinajstić information content (AvgIpc) is 3.25. The van der Waals surface area contributed by atoms with Gasteiger partial charge in [-0.25, -0.2) is 5.10 Å². The van der Waals surface area contributed by atoms with Gasteiger partial charge in [0.25, 0.3) is 0 Å². The number of ether oxygens (including phenoxy) is 2. The number of thiophene rings is 1. The Morgan fingerprint density at radius 3 is 2.93 bits per heavy atom. The second-order valence-corrected chi connectivity index (χ2v) is 7.56. The quantitative estimate of drug-likeness (QED) is 0.409. The third-order valence-corrected chi connectivity index (χ3v) is 4.81. The van der Waals surface area contributed by atoms with E-state index in [-0.39, 0.29) is 6.10 Å². The fraction of sp³-hybridized carbons (Fsp3) is 0.278. The molecule has 0 unspecified atom stereocenters. The lowest BCUT2D eigenvalue weighted by molar-refractivity contribution is 0.224. The second kappa shape index (κ2) is 8.69. The van der Waals surface area contributed by atoms with Gasteiger partial charge in [0.05, 0.1) is 28.8 Å². The minimum Gasteiger partial charge on any atom is -0.490 e. The number of hydrogen-bond acceptors (Lipinski definition) is 6. The van der Waals surface area contributed by atoms with E-state index in [9.17, 15) is 0 Å². The summed E-state index contributed by atoms with van der Waals surface area (Å²) in [6.45, 7) is 6.29. The molecular weight excluding hydrogens is 404 g/mol. The maximum absolute atomic E-state index is 6.41. The summed E-state index contributed by atoms with van der Waals surface area (Å²) in [7, 11) is 0. The molecule has 0 aliphatic heterocycles. The molecule has 27 heavy (non-hydrogen) atoms. The fourth-order valence-electron chi connectivity index (χ4n) is 2.36. The van der Waals surface area contributed by atoms with Crippen LogP contribution in [0.2, 0.25) is 5.02 Å². The SMILES string of the molecule is CCOc1cc(/C=N\n2c(-c3cccs3)n[nH]c2=S)cc(Cl)c1OC(C)C. The van der Waals surface area contributed by atoms with E-state index >= 15 is 0 Å². The number of aromatic nitrogens is 3. The topological polar surface area (TPSA) is 64.4 Å². The fourth-order valence-corrected chi connectivity index (χ4v) is 3.51. The zero-order valence-electron chi connectivity index (χ0n) is 15.1. The Bertz CT molecular complexity index is 993. The van der Waals surface area contributed by atoms with Gasteiger partial charge in [0, 0.05) is 0 Å². The number of rotatable bonds is 7. The molecule has 0 radical (unpaired) electrons. The molecule has 3 aromatic rings. The third-order valence-electron chi connectivity index (χ3n) is 3.40. The molecule has 0 spiro atoms. The monoisotopic (exact) mass is 422 g/mol. The zero-order chi connectivity index (χ0) is 19.4. The highest BCUT2D eigenvalue weighted by atomic mass is 35.5. The van der Waals surface area contributed by atoms with Crippen LogP contribution < -0.4 is 9.47 Å². The van der Waals surface area contributed by atoms with Crippen LogP contribution >= 0.6 is 35.2 Å². The van der Waals surface area contributed by atoms with Gasteiger partial charge in [-0.1, -0.05) is 17.7 Å². The van der Waals surface area contributed by atoms with Crippen molar-refractivity contribution < 1.29 is 9.47 Å². The van der Waals surface area contributed by atoms with Gasteiger partial charge in [0.15, 0.2) is 17.3 Å². The first-order valence-corrected chi connectivity index (χ1v) is 10.0. The van der Waals surface area contributed by atoms with Gasteiger partial charge in [-0.05, 0) is 62.1 Å². The zero-order valence-corrected chi connectivity index (χ0v) is 17.5. The molecule has 3 rings (SSSR count). The van der Waals surface area contributed by atoms with E-state index < -0.39 is 0 Å². The van der Waals surface area contributed by atoms with Crippen LogP contribution in [-0.4, -0.2) is 33.8 Å². The van der Waals surface area contributed by atoms with Crippen molar-refractivity contribution in [3.8, 4) is 22.2 Å². The minimum atomic E-state index is -0.0150. The van der Waals surface area contributed by atoms with Gasteiger partial charge in [0.1, 0.15) is 0 Å². The Kier molecular flexibility index (Phi) is 6.30. The summed E-state index contributed by atoms with van der Waals surface area (Å²) in [5, 5.41) is 13.9. The predicted molar refractivity (Wildman–Crippen MR) is 112 cm³/mol. The van der Waals surface area contributed by atoms with Crippen LogP contribution in [0.4, 0.5) is 0 Å². The number of nitrogens with one attached hydrogen (secondary N) is 1. The molecule has 9 heteroatoms. The molecular formula is C18H19ClN4O2S2. The van der Waals surface area contributed by atoms with E-state index in [0.29, 0.717) is 33.7 Å². The van der Waals surface area contributed by atoms with Crippen molar-refractivity contribution in [1.29, 1.82) is 0 Å². The first-order chi connectivity index (χ1) is 13.0. The van der Waals surface area contributed by atoms with Crippen LogP contribution in [0.15, 0.2) is 34.7 Å². The molecule has 0 amide bonds. The van der Waals surface area contributed by atoms with Gasteiger partial charge in [-0.2, -0.15) is 14.9 Å². The van der Waals surface area contributed by atoms with Crippen molar-refractivity contribution in [2.24, 2.45) is 5.10 Å². The van der Waals surface area contributed by atoms with Crippen LogP contribution in [0.25, 0.3) is 10.7 Å². The van der Waals surface area contributed by atoms with E-state index in [1.54, 1.807) is 28.3 Å². The first kappa shape index (κ1) is 19.6. The summed E-state index contributed by atoms with van der Waals surface area (Å²) >= 11 is 13.3. The van der Waals surface area contributed by atoms with E-state index in [1.165, 1.54) is 0 Å². The van der Waals surface area contributed by atoms with Crippen LogP contribution in [0.3, 0.4) is 0 Å². The van der Waals surface area contributed by atoms with E-state index in [2.05, 4.69) is 15.3 Å². The maximum Gasteiger partial charge on any atom is 0.216 e. The molecule has 0 aliphatic carbocycles. The normalized spacial score (nSPS) is 11.4. The molecule has 2 aromatic heterocycles. The summed E-state index contributed by atoms with van der Waals surface area (Å²) in [5.41, 5.74) is 0.764. The number of benzene rings is 1. The van der Waals surface area contributed by atoms with Crippen molar-refractivity contribution in [2.75, 3.05) is 6.61 Å². The highest BCUT2D eigenvalue weighted by Gasteiger charge is 2.14. The standard InChI is InChI=1S/C18H19ClN4O2S2/c1-4-24-14-9-12(8-13(19)16(14)25-11(2)3)10-20-23-17(21-22-18(23)26)15-6-5-7-27-15/h5-11H,4H2,1-3H3,(H,22,26)/b20-10-. The van der Waals surface area contributed by atoms with Gasteiger partial charge in [-0.3, -0.25) is 0 Å². The van der Waals surface area contributed by atoms with Gasteiger partial charge in [0.2, 0.25) is 4.77 Å². The summed E-state index contributed by atoms with van der Waals surface area (Å²) in [6, 6.07) is 7.53.